The van der Waals surface area contributed by atoms with Crippen LogP contribution in [0.1, 0.15) is 17.0 Å². The van der Waals surface area contributed by atoms with Crippen LogP contribution in [-0.4, -0.2) is 38.3 Å². The summed E-state index contributed by atoms with van der Waals surface area (Å²) >= 11 is 0. The number of alkyl halides is 3. The number of aryl methyl sites for hydroxylation is 1. The highest BCUT2D eigenvalue weighted by Crippen LogP contribution is 2.30. The molecule has 0 radical (unpaired) electrons. The molecule has 35 heavy (non-hydrogen) atoms. The molecule has 4 rings (SSSR count). The molecule has 4 aromatic heterocycles. The minimum absolute atomic E-state index is 0.0270. The molecule has 4 aromatic rings. The molecule has 0 fully saturated rings. The fourth-order valence-corrected chi connectivity index (χ4v) is 3.12. The van der Waals surface area contributed by atoms with Crippen LogP contribution in [0.2, 0.25) is 0 Å². The van der Waals surface area contributed by atoms with E-state index in [0.717, 1.165) is 29.1 Å². The zero-order chi connectivity index (χ0) is 25.0. The van der Waals surface area contributed by atoms with Crippen LogP contribution in [0.3, 0.4) is 0 Å². The third kappa shape index (κ3) is 5.66. The van der Waals surface area contributed by atoms with Crippen LogP contribution in [0.5, 0.6) is 5.88 Å². The van der Waals surface area contributed by atoms with Crippen molar-refractivity contribution in [3.05, 3.63) is 66.3 Å². The Morgan fingerprint density at radius 3 is 2.69 bits per heavy atom. The first-order valence-corrected chi connectivity index (χ1v) is 10.0. The van der Waals surface area contributed by atoms with E-state index in [2.05, 4.69) is 35.8 Å². The molecule has 2 N–H and O–H groups in total. The van der Waals surface area contributed by atoms with E-state index in [1.54, 1.807) is 12.3 Å². The van der Waals surface area contributed by atoms with Gasteiger partial charge in [0.05, 0.1) is 35.8 Å². The summed E-state index contributed by atoms with van der Waals surface area (Å²) in [5.74, 6) is 0.411. The van der Waals surface area contributed by atoms with Crippen LogP contribution in [0.25, 0.3) is 11.1 Å². The van der Waals surface area contributed by atoms with Crippen molar-refractivity contribution in [2.45, 2.75) is 19.6 Å². The lowest BCUT2D eigenvalue weighted by atomic mass is 10.1. The van der Waals surface area contributed by atoms with Gasteiger partial charge in [-0.2, -0.15) is 13.2 Å². The zero-order valence-corrected chi connectivity index (χ0v) is 18.4. The average Bonchev–Trinajstić information content (AvgIpc) is 3.25. The summed E-state index contributed by atoms with van der Waals surface area (Å²) < 4.78 is 50.1. The number of pyridine rings is 2. The molecule has 4 heterocycles. The third-order valence-corrected chi connectivity index (χ3v) is 4.70. The molecule has 0 spiro atoms. The Morgan fingerprint density at radius 2 is 1.97 bits per heavy atom. The molecule has 0 aromatic carbocycles. The molecule has 0 atom stereocenters. The number of methoxy groups -OCH3 is 1. The number of nitrogens with zero attached hydrogens (tertiary/aromatic N) is 6. The Bertz CT molecular complexity index is 1340. The number of urea groups is 1. The lowest BCUT2D eigenvalue weighted by Crippen LogP contribution is -2.35. The highest BCUT2D eigenvalue weighted by atomic mass is 19.4. The molecule has 11 nitrogen and oxygen atoms in total. The fourth-order valence-electron chi connectivity index (χ4n) is 3.12. The van der Waals surface area contributed by atoms with Crippen molar-refractivity contribution in [2.24, 2.45) is 0 Å². The molecule has 0 aliphatic carbocycles. The van der Waals surface area contributed by atoms with Crippen molar-refractivity contribution >= 4 is 17.6 Å². The second-order valence-electron chi connectivity index (χ2n) is 7.18. The van der Waals surface area contributed by atoms with Crippen molar-refractivity contribution in [3.8, 4) is 17.0 Å². The summed E-state index contributed by atoms with van der Waals surface area (Å²) in [5, 5.41) is 8.40. The summed E-state index contributed by atoms with van der Waals surface area (Å²) in [5.41, 5.74) is 1.77. The lowest BCUT2D eigenvalue weighted by Gasteiger charge is -2.09. The molecule has 0 saturated heterocycles. The molecular weight excluding hydrogens is 469 g/mol. The second kappa shape index (κ2) is 9.70. The molecule has 14 heteroatoms. The summed E-state index contributed by atoms with van der Waals surface area (Å²) in [6, 6.07) is 3.56. The standard InChI is InChI=1S/C21H17F3N8O3/c1-12-18(19(34-2)28-11-27-12)13-3-4-15(26-6-13)9-32-10-17(35-31-32)30-20(33)29-16-5-14(7-25-8-16)21(22,23)24/h3-8,10-11H,9H2,1-2H3,(H-,29,30,31,33)/p+1. The van der Waals surface area contributed by atoms with Gasteiger partial charge in [0.2, 0.25) is 17.7 Å². The summed E-state index contributed by atoms with van der Waals surface area (Å²) in [6.45, 7) is 2.07. The normalized spacial score (nSPS) is 11.2. The molecule has 0 bridgehead atoms. The first-order chi connectivity index (χ1) is 16.7. The van der Waals surface area contributed by atoms with Gasteiger partial charge < -0.3 is 10.1 Å². The van der Waals surface area contributed by atoms with Gasteiger partial charge in [-0.3, -0.25) is 19.8 Å². The van der Waals surface area contributed by atoms with E-state index in [4.69, 9.17) is 9.26 Å². The summed E-state index contributed by atoms with van der Waals surface area (Å²) in [6.07, 6.45) is 1.64. The highest BCUT2D eigenvalue weighted by Gasteiger charge is 2.31. The van der Waals surface area contributed by atoms with E-state index in [1.165, 1.54) is 24.3 Å². The molecule has 0 unspecified atom stereocenters. The van der Waals surface area contributed by atoms with E-state index in [-0.39, 0.29) is 18.1 Å². The Kier molecular flexibility index (Phi) is 6.53. The van der Waals surface area contributed by atoms with Gasteiger partial charge in [0, 0.05) is 18.0 Å². The number of amides is 2. The van der Waals surface area contributed by atoms with Gasteiger partial charge in [-0.1, -0.05) is 6.07 Å². The Morgan fingerprint density at radius 1 is 1.14 bits per heavy atom. The predicted octanol–water partition coefficient (Wildman–Crippen LogP) is 3.24. The van der Waals surface area contributed by atoms with Gasteiger partial charge in [0.15, 0.2) is 0 Å². The smallest absolute Gasteiger partial charge is 0.417 e. The van der Waals surface area contributed by atoms with Gasteiger partial charge in [0.25, 0.3) is 6.20 Å². The van der Waals surface area contributed by atoms with E-state index in [1.807, 2.05) is 13.0 Å². The Hall–Kier alpha value is -4.62. The third-order valence-electron chi connectivity index (χ3n) is 4.70. The van der Waals surface area contributed by atoms with E-state index in [0.29, 0.717) is 17.8 Å². The molecule has 0 saturated carbocycles. The number of rotatable bonds is 6. The largest absolute Gasteiger partial charge is 0.480 e. The van der Waals surface area contributed by atoms with Crippen molar-refractivity contribution in [2.75, 3.05) is 17.7 Å². The quantitative estimate of drug-likeness (QED) is 0.396. The van der Waals surface area contributed by atoms with Crippen molar-refractivity contribution in [1.82, 2.24) is 25.2 Å². The van der Waals surface area contributed by atoms with Crippen molar-refractivity contribution < 1.29 is 31.9 Å². The number of halogens is 3. The maximum atomic E-state index is 12.8. The number of hydrogen-bond acceptors (Lipinski definition) is 8. The molecule has 0 aliphatic rings. The Labute approximate surface area is 196 Å². The van der Waals surface area contributed by atoms with Crippen LogP contribution in [0.4, 0.5) is 29.5 Å². The van der Waals surface area contributed by atoms with E-state index < -0.39 is 17.8 Å². The number of aromatic nitrogens is 6. The fraction of sp³-hybridized carbons (Fsp3) is 0.190. The molecule has 0 aliphatic heterocycles. The Balaban J connectivity index is 1.39. The zero-order valence-electron chi connectivity index (χ0n) is 18.4. The topological polar surface area (TPSA) is 132 Å². The maximum Gasteiger partial charge on any atom is 0.417 e. The maximum absolute atomic E-state index is 12.8. The summed E-state index contributed by atoms with van der Waals surface area (Å²) in [7, 11) is 1.52. The predicted molar refractivity (Wildman–Crippen MR) is 114 cm³/mol. The molecule has 180 valence electrons. The van der Waals surface area contributed by atoms with Gasteiger partial charge in [0.1, 0.15) is 12.0 Å². The van der Waals surface area contributed by atoms with Crippen LogP contribution in [-0.2, 0) is 12.7 Å². The molecule has 2 amide bonds. The van der Waals surface area contributed by atoms with Gasteiger partial charge in [-0.25, -0.2) is 14.8 Å². The number of carbonyl (C=O) groups is 1. The highest BCUT2D eigenvalue weighted by molar-refractivity contribution is 5.98. The second-order valence-corrected chi connectivity index (χ2v) is 7.18. The number of carbonyl (C=O) groups excluding carboxylic acids is 1. The first kappa shape index (κ1) is 23.5. The van der Waals surface area contributed by atoms with Crippen LogP contribution in [0, 0.1) is 6.92 Å². The number of nitrogens with one attached hydrogen (secondary N) is 2. The van der Waals surface area contributed by atoms with Crippen molar-refractivity contribution in [1.29, 1.82) is 0 Å². The first-order valence-electron chi connectivity index (χ1n) is 10.0. The van der Waals surface area contributed by atoms with Crippen LogP contribution < -0.4 is 20.1 Å². The van der Waals surface area contributed by atoms with E-state index >= 15 is 0 Å². The van der Waals surface area contributed by atoms with Gasteiger partial charge in [-0.05, 0) is 23.7 Å². The van der Waals surface area contributed by atoms with E-state index in [9.17, 15) is 18.0 Å². The van der Waals surface area contributed by atoms with Crippen LogP contribution >= 0.6 is 0 Å². The summed E-state index contributed by atoms with van der Waals surface area (Å²) in [4.78, 5) is 28.3. The minimum atomic E-state index is -4.58. The van der Waals surface area contributed by atoms with Crippen molar-refractivity contribution in [3.63, 3.8) is 0 Å². The SMILES string of the molecule is COc1ncnc(C)c1-c1ccc(C[n+]2cc(NC(=O)Nc3cncc(C(F)(F)F)c3)on2)nc1. The van der Waals surface area contributed by atoms with Crippen LogP contribution in [0.15, 0.2) is 53.8 Å². The number of anilines is 2. The monoisotopic (exact) mass is 487 g/mol. The average molecular weight is 487 g/mol. The molecular formula is C21H18F3N8O3+. The minimum Gasteiger partial charge on any atom is -0.480 e. The van der Waals surface area contributed by atoms with Gasteiger partial charge in [-0.15, -0.1) is 0 Å². The number of ether oxygens (including phenoxy) is 1. The number of hydrogen-bond donors (Lipinski definition) is 2. The lowest BCUT2D eigenvalue weighted by molar-refractivity contribution is -0.755. The van der Waals surface area contributed by atoms with Gasteiger partial charge >= 0.3 is 18.1 Å².